The van der Waals surface area contributed by atoms with Crippen LogP contribution in [0.4, 0.5) is 5.69 Å². The zero-order valence-electron chi connectivity index (χ0n) is 17.0. The van der Waals surface area contributed by atoms with Gasteiger partial charge in [-0.1, -0.05) is 18.2 Å². The van der Waals surface area contributed by atoms with E-state index in [1.54, 1.807) is 30.6 Å². The van der Waals surface area contributed by atoms with Crippen LogP contribution in [0.3, 0.4) is 0 Å². The largest absolute Gasteiger partial charge is 0.424 e. The lowest BCUT2D eigenvalue weighted by atomic mass is 10.1. The Bertz CT molecular complexity index is 988. The normalized spacial score (nSPS) is 15.0. The predicted molar refractivity (Wildman–Crippen MR) is 116 cm³/mol. The summed E-state index contributed by atoms with van der Waals surface area (Å²) in [6.07, 6.45) is 3.23. The van der Waals surface area contributed by atoms with Gasteiger partial charge >= 0.3 is 6.01 Å². The number of rotatable bonds is 6. The standard InChI is InChI=1S/C23H25N5O2/c1-27-11-13-28(14-12-27)17-18-5-2-6-19(15-18)22(29)26-20-7-3-8-21(16-20)30-23-24-9-4-10-25-23/h2-10,15-16H,11-14,17H2,1H3,(H,26,29). The number of nitrogens with one attached hydrogen (secondary N) is 1. The van der Waals surface area contributed by atoms with E-state index < -0.39 is 0 Å². The summed E-state index contributed by atoms with van der Waals surface area (Å²) in [4.78, 5) is 25.6. The lowest BCUT2D eigenvalue weighted by molar-refractivity contribution is 0.102. The third kappa shape index (κ3) is 5.40. The van der Waals surface area contributed by atoms with Gasteiger partial charge in [-0.05, 0) is 42.9 Å². The molecule has 4 rings (SSSR count). The van der Waals surface area contributed by atoms with E-state index in [9.17, 15) is 4.79 Å². The van der Waals surface area contributed by atoms with Crippen LogP contribution >= 0.6 is 0 Å². The number of anilines is 1. The van der Waals surface area contributed by atoms with Crippen molar-refractivity contribution in [2.75, 3.05) is 38.5 Å². The molecule has 0 unspecified atom stereocenters. The second kappa shape index (κ2) is 9.47. The van der Waals surface area contributed by atoms with Crippen molar-refractivity contribution in [3.8, 4) is 11.8 Å². The van der Waals surface area contributed by atoms with Crippen molar-refractivity contribution in [3.63, 3.8) is 0 Å². The second-order valence-electron chi connectivity index (χ2n) is 7.40. The van der Waals surface area contributed by atoms with E-state index in [-0.39, 0.29) is 11.9 Å². The summed E-state index contributed by atoms with van der Waals surface area (Å²) < 4.78 is 5.64. The van der Waals surface area contributed by atoms with Gasteiger partial charge in [-0.15, -0.1) is 0 Å². The minimum absolute atomic E-state index is 0.150. The summed E-state index contributed by atoms with van der Waals surface area (Å²) in [5.74, 6) is 0.408. The van der Waals surface area contributed by atoms with E-state index in [0.717, 1.165) is 38.3 Å². The molecule has 154 valence electrons. The van der Waals surface area contributed by atoms with Gasteiger partial charge in [0.05, 0.1) is 0 Å². The van der Waals surface area contributed by atoms with Gasteiger partial charge in [-0.25, -0.2) is 9.97 Å². The lowest BCUT2D eigenvalue weighted by Crippen LogP contribution is -2.43. The van der Waals surface area contributed by atoms with E-state index in [4.69, 9.17) is 4.74 Å². The number of amides is 1. The Morgan fingerprint density at radius 3 is 2.57 bits per heavy atom. The number of hydrogen-bond donors (Lipinski definition) is 1. The highest BCUT2D eigenvalue weighted by atomic mass is 16.5. The molecule has 1 aromatic heterocycles. The highest BCUT2D eigenvalue weighted by molar-refractivity contribution is 6.04. The topological polar surface area (TPSA) is 70.6 Å². The van der Waals surface area contributed by atoms with Crippen LogP contribution in [-0.4, -0.2) is 58.9 Å². The Morgan fingerprint density at radius 1 is 1.00 bits per heavy atom. The number of benzene rings is 2. The molecular formula is C23H25N5O2. The van der Waals surface area contributed by atoms with Gasteiger partial charge in [-0.3, -0.25) is 9.69 Å². The number of piperazine rings is 1. The summed E-state index contributed by atoms with van der Waals surface area (Å²) in [5, 5.41) is 2.94. The molecule has 7 nitrogen and oxygen atoms in total. The van der Waals surface area contributed by atoms with E-state index in [2.05, 4.69) is 38.2 Å². The molecule has 1 aliphatic rings. The minimum Gasteiger partial charge on any atom is -0.424 e. The Morgan fingerprint density at radius 2 is 1.77 bits per heavy atom. The summed E-state index contributed by atoms with van der Waals surface area (Å²) >= 11 is 0. The first-order valence-corrected chi connectivity index (χ1v) is 10.0. The van der Waals surface area contributed by atoms with Crippen LogP contribution in [0.25, 0.3) is 0 Å². The van der Waals surface area contributed by atoms with Crippen LogP contribution in [0.2, 0.25) is 0 Å². The SMILES string of the molecule is CN1CCN(Cc2cccc(C(=O)Nc3cccc(Oc4ncccn4)c3)c2)CC1. The maximum absolute atomic E-state index is 12.8. The van der Waals surface area contributed by atoms with Crippen LogP contribution < -0.4 is 10.1 Å². The summed E-state index contributed by atoms with van der Waals surface area (Å²) in [7, 11) is 2.15. The monoisotopic (exact) mass is 403 g/mol. The van der Waals surface area contributed by atoms with Crippen molar-refractivity contribution < 1.29 is 9.53 Å². The first-order chi connectivity index (χ1) is 14.7. The molecule has 0 spiro atoms. The highest BCUT2D eigenvalue weighted by Crippen LogP contribution is 2.22. The molecule has 0 atom stereocenters. The molecule has 0 saturated carbocycles. The lowest BCUT2D eigenvalue weighted by Gasteiger charge is -2.32. The van der Waals surface area contributed by atoms with Crippen molar-refractivity contribution in [2.45, 2.75) is 6.54 Å². The molecule has 0 bridgehead atoms. The van der Waals surface area contributed by atoms with Crippen molar-refractivity contribution in [3.05, 3.63) is 78.1 Å². The maximum Gasteiger partial charge on any atom is 0.321 e. The third-order valence-corrected chi connectivity index (χ3v) is 5.03. The molecule has 1 amide bonds. The zero-order chi connectivity index (χ0) is 20.8. The fourth-order valence-electron chi connectivity index (χ4n) is 3.36. The average molecular weight is 403 g/mol. The molecule has 30 heavy (non-hydrogen) atoms. The number of aromatic nitrogens is 2. The Balaban J connectivity index is 1.39. The molecule has 0 aliphatic carbocycles. The van der Waals surface area contributed by atoms with Gasteiger partial charge < -0.3 is 15.0 Å². The fraction of sp³-hybridized carbons (Fsp3) is 0.261. The van der Waals surface area contributed by atoms with E-state index >= 15 is 0 Å². The maximum atomic E-state index is 12.8. The van der Waals surface area contributed by atoms with E-state index in [1.807, 2.05) is 30.3 Å². The summed E-state index contributed by atoms with van der Waals surface area (Å²) in [5.41, 5.74) is 2.43. The van der Waals surface area contributed by atoms with Gasteiger partial charge in [0.1, 0.15) is 5.75 Å². The molecule has 1 aliphatic heterocycles. The summed E-state index contributed by atoms with van der Waals surface area (Å²) in [6, 6.07) is 17.0. The number of carbonyl (C=O) groups excluding carboxylic acids is 1. The van der Waals surface area contributed by atoms with Gasteiger partial charge in [0.25, 0.3) is 5.91 Å². The predicted octanol–water partition coefficient (Wildman–Crippen LogP) is 3.27. The number of hydrogen-bond acceptors (Lipinski definition) is 6. The molecule has 3 aromatic rings. The number of nitrogens with zero attached hydrogens (tertiary/aromatic N) is 4. The first-order valence-electron chi connectivity index (χ1n) is 10.0. The molecule has 2 aromatic carbocycles. The van der Waals surface area contributed by atoms with Gasteiger partial charge in [0.15, 0.2) is 0 Å². The minimum atomic E-state index is -0.150. The second-order valence-corrected chi connectivity index (χ2v) is 7.40. The van der Waals surface area contributed by atoms with Crippen LogP contribution in [0, 0.1) is 0 Å². The molecular weight excluding hydrogens is 378 g/mol. The fourth-order valence-corrected chi connectivity index (χ4v) is 3.36. The van der Waals surface area contributed by atoms with Crippen LogP contribution in [0.15, 0.2) is 67.0 Å². The van der Waals surface area contributed by atoms with Crippen LogP contribution in [-0.2, 0) is 6.54 Å². The highest BCUT2D eigenvalue weighted by Gasteiger charge is 2.15. The van der Waals surface area contributed by atoms with Crippen molar-refractivity contribution in [1.29, 1.82) is 0 Å². The number of ether oxygens (including phenoxy) is 1. The van der Waals surface area contributed by atoms with Crippen LogP contribution in [0.1, 0.15) is 15.9 Å². The van der Waals surface area contributed by atoms with Crippen molar-refractivity contribution in [1.82, 2.24) is 19.8 Å². The van der Waals surface area contributed by atoms with Gasteiger partial charge in [0.2, 0.25) is 0 Å². The van der Waals surface area contributed by atoms with Crippen molar-refractivity contribution >= 4 is 11.6 Å². The first kappa shape index (κ1) is 20.0. The van der Waals surface area contributed by atoms with E-state index in [1.165, 1.54) is 0 Å². The van der Waals surface area contributed by atoms with Gasteiger partial charge in [0, 0.05) is 62.4 Å². The quantitative estimate of drug-likeness (QED) is 0.681. The molecule has 1 saturated heterocycles. The molecule has 1 fully saturated rings. The summed E-state index contributed by atoms with van der Waals surface area (Å²) in [6.45, 7) is 5.10. The van der Waals surface area contributed by atoms with Crippen LogP contribution in [0.5, 0.6) is 11.8 Å². The molecule has 7 heteroatoms. The Hall–Kier alpha value is -3.29. The van der Waals surface area contributed by atoms with Crippen molar-refractivity contribution in [2.24, 2.45) is 0 Å². The molecule has 0 radical (unpaired) electrons. The molecule has 2 heterocycles. The Labute approximate surface area is 176 Å². The number of carbonyl (C=O) groups is 1. The molecule has 1 N–H and O–H groups in total. The number of likely N-dealkylation sites (N-methyl/N-ethyl adjacent to an activating group) is 1. The third-order valence-electron chi connectivity index (χ3n) is 5.03. The average Bonchev–Trinajstić information content (AvgIpc) is 2.76. The van der Waals surface area contributed by atoms with Gasteiger partial charge in [-0.2, -0.15) is 0 Å². The Kier molecular flexibility index (Phi) is 6.32. The van der Waals surface area contributed by atoms with E-state index in [0.29, 0.717) is 17.0 Å². The zero-order valence-corrected chi connectivity index (χ0v) is 17.0. The smallest absolute Gasteiger partial charge is 0.321 e.